The van der Waals surface area contributed by atoms with Crippen LogP contribution in [0.3, 0.4) is 0 Å². The van der Waals surface area contributed by atoms with Gasteiger partial charge in [-0.15, -0.1) is 0 Å². The van der Waals surface area contributed by atoms with E-state index in [9.17, 15) is 39.0 Å². The second-order valence-electron chi connectivity index (χ2n) is 7.08. The summed E-state index contributed by atoms with van der Waals surface area (Å²) in [6, 6.07) is 8.99. The van der Waals surface area contributed by atoms with E-state index in [2.05, 4.69) is 10.6 Å². The Balaban J connectivity index is 2.20. The first-order valence-electron chi connectivity index (χ1n) is 10.0. The van der Waals surface area contributed by atoms with Gasteiger partial charge in [-0.25, -0.2) is 9.59 Å². The molecule has 2 rings (SSSR count). The maximum absolute atomic E-state index is 12.7. The number of rotatable bonds is 13. The van der Waals surface area contributed by atoms with Crippen LogP contribution in [0, 0.1) is 0 Å². The summed E-state index contributed by atoms with van der Waals surface area (Å²) in [5.41, 5.74) is 0.141. The van der Waals surface area contributed by atoms with Gasteiger partial charge in [0.1, 0.15) is 12.1 Å². The summed E-state index contributed by atoms with van der Waals surface area (Å²) in [6.07, 6.45) is -1.63. The van der Waals surface area contributed by atoms with Crippen molar-refractivity contribution >= 4 is 57.3 Å². The molecule has 0 saturated heterocycles. The summed E-state index contributed by atoms with van der Waals surface area (Å²) in [5, 5.41) is 40.4. The lowest BCUT2D eigenvalue weighted by molar-refractivity contribution is -0.145. The molecule has 0 aromatic heterocycles. The molecule has 0 heterocycles. The zero-order valence-corrected chi connectivity index (χ0v) is 19.9. The summed E-state index contributed by atoms with van der Waals surface area (Å²) < 4.78 is 0. The monoisotopic (exact) mass is 536 g/mol. The quantitative estimate of drug-likeness (QED) is 0.203. The van der Waals surface area contributed by atoms with Crippen LogP contribution in [0.25, 0.3) is 0 Å². The number of hydrogen-bond donors (Lipinski definition) is 6. The normalized spacial score (nSPS) is 12.1. The second kappa shape index (κ2) is 13.2. The van der Waals surface area contributed by atoms with Crippen LogP contribution in [0.5, 0.6) is 0 Å². The van der Waals surface area contributed by atoms with Crippen molar-refractivity contribution < 1.29 is 49.2 Å². The number of hydrogen-bond acceptors (Lipinski definition) is 8. The highest BCUT2D eigenvalue weighted by Gasteiger charge is 2.26. The molecule has 0 aliphatic carbocycles. The maximum atomic E-state index is 12.7. The van der Waals surface area contributed by atoms with E-state index < -0.39 is 60.6 Å². The van der Waals surface area contributed by atoms with Crippen molar-refractivity contribution in [2.24, 2.45) is 0 Å². The van der Waals surface area contributed by atoms with Gasteiger partial charge in [-0.3, -0.25) is 19.2 Å². The molecule has 2 aromatic rings. The minimum Gasteiger partial charge on any atom is -0.481 e. The Kier molecular flexibility index (Phi) is 10.3. The third-order valence-corrected chi connectivity index (χ3v) is 6.93. The number of amides is 2. The molecule has 2 aromatic carbocycles. The lowest BCUT2D eigenvalue weighted by Crippen LogP contribution is -2.42. The van der Waals surface area contributed by atoms with Crippen LogP contribution in [-0.4, -0.2) is 68.2 Å². The topological polar surface area (TPSA) is 207 Å². The Labute approximate surface area is 211 Å². The van der Waals surface area contributed by atoms with E-state index in [-0.39, 0.29) is 11.1 Å². The maximum Gasteiger partial charge on any atom is 0.326 e. The molecular weight excluding hydrogens is 516 g/mol. The number of benzene rings is 2. The molecule has 2 amide bonds. The molecule has 0 saturated carbocycles. The molecule has 190 valence electrons. The Morgan fingerprint density at radius 3 is 1.25 bits per heavy atom. The molecule has 12 nitrogen and oxygen atoms in total. The van der Waals surface area contributed by atoms with Crippen molar-refractivity contribution in [3.63, 3.8) is 0 Å². The number of aliphatic carboxylic acids is 4. The van der Waals surface area contributed by atoms with Gasteiger partial charge in [-0.05, 0) is 24.3 Å². The van der Waals surface area contributed by atoms with Gasteiger partial charge < -0.3 is 31.1 Å². The molecule has 0 spiro atoms. The minimum absolute atomic E-state index is 0.0703. The Morgan fingerprint density at radius 2 is 0.944 bits per heavy atom. The van der Waals surface area contributed by atoms with Gasteiger partial charge in [0.15, 0.2) is 0 Å². The standard InChI is InChI=1S/C22H20N2O10S2/c25-17(26)9-13(21(31)32)23-19(29)11-5-1-3-7-15(11)35-36-16-8-4-2-6-12(16)20(30)24-14(22(33)34)10-18(27)28/h1-8,13-14H,9-10H2,(H,23,29)(H,24,30)(H,25,26)(H,27,28)(H,31,32)(H,33,34). The van der Waals surface area contributed by atoms with Crippen molar-refractivity contribution in [2.75, 3.05) is 0 Å². The predicted molar refractivity (Wildman–Crippen MR) is 127 cm³/mol. The van der Waals surface area contributed by atoms with Gasteiger partial charge in [-0.2, -0.15) is 0 Å². The van der Waals surface area contributed by atoms with E-state index in [0.717, 1.165) is 21.6 Å². The van der Waals surface area contributed by atoms with Crippen molar-refractivity contribution in [2.45, 2.75) is 34.7 Å². The molecule has 0 aliphatic heterocycles. The molecule has 2 atom stereocenters. The highest BCUT2D eigenvalue weighted by molar-refractivity contribution is 8.76. The summed E-state index contributed by atoms with van der Waals surface area (Å²) in [7, 11) is 2.09. The zero-order chi connectivity index (χ0) is 26.8. The first kappa shape index (κ1) is 28.2. The van der Waals surface area contributed by atoms with Crippen LogP contribution in [0.4, 0.5) is 0 Å². The molecule has 0 fully saturated rings. The van der Waals surface area contributed by atoms with Crippen molar-refractivity contribution in [1.82, 2.24) is 10.6 Å². The summed E-state index contributed by atoms with van der Waals surface area (Å²) in [4.78, 5) is 70.4. The van der Waals surface area contributed by atoms with Crippen LogP contribution in [-0.2, 0) is 19.2 Å². The minimum atomic E-state index is -1.64. The highest BCUT2D eigenvalue weighted by Crippen LogP contribution is 2.40. The number of nitrogens with one attached hydrogen (secondary N) is 2. The SMILES string of the molecule is O=C(O)CC(NC(=O)c1ccccc1SSc1ccccc1C(=O)NC(CC(=O)O)C(=O)O)C(=O)O. The van der Waals surface area contributed by atoms with Gasteiger partial charge >= 0.3 is 23.9 Å². The molecule has 0 radical (unpaired) electrons. The third-order valence-electron chi connectivity index (χ3n) is 4.45. The highest BCUT2D eigenvalue weighted by atomic mass is 33.1. The summed E-state index contributed by atoms with van der Waals surface area (Å²) in [6.45, 7) is 0. The van der Waals surface area contributed by atoms with Gasteiger partial charge in [-0.1, -0.05) is 45.9 Å². The van der Waals surface area contributed by atoms with E-state index >= 15 is 0 Å². The van der Waals surface area contributed by atoms with Crippen molar-refractivity contribution in [3.8, 4) is 0 Å². The first-order valence-corrected chi connectivity index (χ1v) is 12.2. The zero-order valence-electron chi connectivity index (χ0n) is 18.2. The van der Waals surface area contributed by atoms with Gasteiger partial charge in [0.25, 0.3) is 11.8 Å². The van der Waals surface area contributed by atoms with Crippen LogP contribution in [0.15, 0.2) is 58.3 Å². The average Bonchev–Trinajstić information content (AvgIpc) is 2.81. The summed E-state index contributed by atoms with van der Waals surface area (Å²) in [5.74, 6) is -7.43. The van der Waals surface area contributed by atoms with Crippen LogP contribution < -0.4 is 10.6 Å². The number of carbonyl (C=O) groups is 6. The fraction of sp³-hybridized carbons (Fsp3) is 0.182. The van der Waals surface area contributed by atoms with Gasteiger partial charge in [0, 0.05) is 9.79 Å². The number of carboxylic acid groups (broad SMARTS) is 4. The Bertz CT molecular complexity index is 1100. The fourth-order valence-corrected chi connectivity index (χ4v) is 5.12. The van der Waals surface area contributed by atoms with Gasteiger partial charge in [0.05, 0.1) is 24.0 Å². The van der Waals surface area contributed by atoms with Crippen molar-refractivity contribution in [3.05, 3.63) is 59.7 Å². The Morgan fingerprint density at radius 1 is 0.611 bits per heavy atom. The third kappa shape index (κ3) is 8.32. The van der Waals surface area contributed by atoms with E-state index in [1.54, 1.807) is 24.3 Å². The van der Waals surface area contributed by atoms with Crippen LogP contribution >= 0.6 is 21.6 Å². The largest absolute Gasteiger partial charge is 0.481 e. The van der Waals surface area contributed by atoms with Gasteiger partial charge in [0.2, 0.25) is 0 Å². The summed E-state index contributed by atoms with van der Waals surface area (Å²) >= 11 is 0. The molecule has 14 heteroatoms. The second-order valence-corrected chi connectivity index (χ2v) is 9.30. The first-order chi connectivity index (χ1) is 17.0. The van der Waals surface area contributed by atoms with Crippen LogP contribution in [0.2, 0.25) is 0 Å². The van der Waals surface area contributed by atoms with E-state index in [1.165, 1.54) is 24.3 Å². The fourth-order valence-electron chi connectivity index (χ4n) is 2.76. The molecule has 0 bridgehead atoms. The number of carbonyl (C=O) groups excluding carboxylic acids is 2. The van der Waals surface area contributed by atoms with E-state index in [1.807, 2.05) is 0 Å². The molecule has 2 unspecified atom stereocenters. The lowest BCUT2D eigenvalue weighted by atomic mass is 10.1. The van der Waals surface area contributed by atoms with E-state index in [4.69, 9.17) is 10.2 Å². The lowest BCUT2D eigenvalue weighted by Gasteiger charge is -2.15. The average molecular weight is 537 g/mol. The smallest absolute Gasteiger partial charge is 0.326 e. The number of carboxylic acids is 4. The van der Waals surface area contributed by atoms with Crippen molar-refractivity contribution in [1.29, 1.82) is 0 Å². The molecular formula is C22H20N2O10S2. The molecule has 0 aliphatic rings. The molecule has 36 heavy (non-hydrogen) atoms. The van der Waals surface area contributed by atoms with E-state index in [0.29, 0.717) is 9.79 Å². The molecule has 6 N–H and O–H groups in total. The van der Waals surface area contributed by atoms with Crippen LogP contribution in [0.1, 0.15) is 33.6 Å². The Hall–Kier alpha value is -4.04. The predicted octanol–water partition coefficient (Wildman–Crippen LogP) is 1.80.